The number of sulfone groups is 1. The lowest BCUT2D eigenvalue weighted by molar-refractivity contribution is -0.114. The quantitative estimate of drug-likeness (QED) is 0.407. The number of carbonyl (C=O) groups is 2. The smallest absolute Gasteiger partial charge is 0.256 e. The number of anilines is 2. The van der Waals surface area contributed by atoms with Gasteiger partial charge in [0, 0.05) is 23.9 Å². The van der Waals surface area contributed by atoms with Gasteiger partial charge in [0.05, 0.1) is 39.9 Å². The van der Waals surface area contributed by atoms with Crippen LogP contribution in [0.4, 0.5) is 15.8 Å². The van der Waals surface area contributed by atoms with Crippen LogP contribution in [0.5, 0.6) is 0 Å². The summed E-state index contributed by atoms with van der Waals surface area (Å²) < 4.78 is 39.5. The van der Waals surface area contributed by atoms with E-state index in [1.54, 1.807) is 54.1 Å². The Morgan fingerprint density at radius 1 is 1.03 bits per heavy atom. The highest BCUT2D eigenvalue weighted by Crippen LogP contribution is 2.32. The Bertz CT molecular complexity index is 1630. The number of nitrogens with zero attached hydrogens (tertiary/aromatic N) is 3. The van der Waals surface area contributed by atoms with Gasteiger partial charge in [0.25, 0.3) is 5.91 Å². The first kappa shape index (κ1) is 24.6. The van der Waals surface area contributed by atoms with Crippen molar-refractivity contribution in [1.29, 1.82) is 0 Å². The van der Waals surface area contributed by atoms with E-state index >= 15 is 0 Å². The van der Waals surface area contributed by atoms with Gasteiger partial charge in [-0.1, -0.05) is 0 Å². The Balaban J connectivity index is 1.59. The van der Waals surface area contributed by atoms with Gasteiger partial charge in [0.15, 0.2) is 15.5 Å². The highest BCUT2D eigenvalue weighted by Gasteiger charge is 2.32. The van der Waals surface area contributed by atoms with Gasteiger partial charge in [0.2, 0.25) is 5.91 Å². The zero-order valence-corrected chi connectivity index (χ0v) is 21.0. The standard InChI is InChI=1S/C26H24FN5O4S/c1-15-24-22(26(34)29-20-9-7-19(8-10-20)28-16(2)33)13-23(17-3-5-18(27)6-4-17)30-25(24)32(31-15)21-11-12-37(35,36)14-21/h3-10,13,21H,11-12,14H2,1-2H3,(H,28,33)(H,29,34). The zero-order valence-electron chi connectivity index (χ0n) is 20.2. The monoisotopic (exact) mass is 521 g/mol. The third kappa shape index (κ3) is 5.08. The summed E-state index contributed by atoms with van der Waals surface area (Å²) in [6.45, 7) is 3.16. The van der Waals surface area contributed by atoms with Crippen molar-refractivity contribution in [2.45, 2.75) is 26.3 Å². The normalized spacial score (nSPS) is 16.6. The van der Waals surface area contributed by atoms with E-state index in [2.05, 4.69) is 15.7 Å². The summed E-state index contributed by atoms with van der Waals surface area (Å²) in [4.78, 5) is 29.5. The number of benzene rings is 2. The van der Waals surface area contributed by atoms with Crippen LogP contribution in [0.25, 0.3) is 22.3 Å². The van der Waals surface area contributed by atoms with E-state index in [-0.39, 0.29) is 17.4 Å². The van der Waals surface area contributed by atoms with E-state index < -0.39 is 27.6 Å². The van der Waals surface area contributed by atoms with Gasteiger partial charge in [-0.3, -0.25) is 9.59 Å². The fourth-order valence-corrected chi connectivity index (χ4v) is 6.21. The maximum atomic E-state index is 13.6. The van der Waals surface area contributed by atoms with Crippen LogP contribution in [-0.2, 0) is 14.6 Å². The molecule has 2 N–H and O–H groups in total. The van der Waals surface area contributed by atoms with Crippen LogP contribution in [0.3, 0.4) is 0 Å². The largest absolute Gasteiger partial charge is 0.326 e. The second kappa shape index (κ2) is 9.40. The Kier molecular flexibility index (Phi) is 6.24. The summed E-state index contributed by atoms with van der Waals surface area (Å²) in [5.41, 5.74) is 3.39. The van der Waals surface area contributed by atoms with E-state index in [1.165, 1.54) is 19.1 Å². The van der Waals surface area contributed by atoms with Gasteiger partial charge in [0.1, 0.15) is 5.82 Å². The lowest BCUT2D eigenvalue weighted by Gasteiger charge is -2.13. The first-order valence-electron chi connectivity index (χ1n) is 11.6. The van der Waals surface area contributed by atoms with Crippen molar-refractivity contribution in [3.05, 3.63) is 71.7 Å². The maximum Gasteiger partial charge on any atom is 0.256 e. The van der Waals surface area contributed by atoms with E-state index in [0.717, 1.165) is 0 Å². The summed E-state index contributed by atoms with van der Waals surface area (Å²) in [5, 5.41) is 10.6. The second-order valence-corrected chi connectivity index (χ2v) is 11.3. The summed E-state index contributed by atoms with van der Waals surface area (Å²) in [7, 11) is -3.18. The number of carbonyl (C=O) groups excluding carboxylic acids is 2. The zero-order chi connectivity index (χ0) is 26.3. The topological polar surface area (TPSA) is 123 Å². The molecule has 3 heterocycles. The number of amides is 2. The highest BCUT2D eigenvalue weighted by molar-refractivity contribution is 7.91. The van der Waals surface area contributed by atoms with Crippen LogP contribution in [0.2, 0.25) is 0 Å². The van der Waals surface area contributed by atoms with Gasteiger partial charge in [-0.2, -0.15) is 5.10 Å². The summed E-state index contributed by atoms with van der Waals surface area (Å²) in [6.07, 6.45) is 0.406. The second-order valence-electron chi connectivity index (χ2n) is 9.06. The number of fused-ring (bicyclic) bond motifs is 1. The molecule has 0 spiro atoms. The Morgan fingerprint density at radius 2 is 1.68 bits per heavy atom. The SMILES string of the molecule is CC(=O)Nc1ccc(NC(=O)c2cc(-c3ccc(F)cc3)nc3c2c(C)nn3C2CCS(=O)(=O)C2)cc1. The molecule has 1 unspecified atom stereocenters. The Labute approximate surface area is 212 Å². The molecule has 1 saturated heterocycles. The van der Waals surface area contributed by atoms with Crippen molar-refractivity contribution in [3.8, 4) is 11.3 Å². The molecule has 1 fully saturated rings. The first-order chi connectivity index (χ1) is 17.6. The third-order valence-corrected chi connectivity index (χ3v) is 7.99. The van der Waals surface area contributed by atoms with Crippen molar-refractivity contribution >= 4 is 44.1 Å². The summed E-state index contributed by atoms with van der Waals surface area (Å²) in [5.74, 6) is -0.995. The Morgan fingerprint density at radius 3 is 2.27 bits per heavy atom. The molecule has 2 aromatic carbocycles. The van der Waals surface area contributed by atoms with Crippen molar-refractivity contribution < 1.29 is 22.4 Å². The maximum absolute atomic E-state index is 13.6. The average molecular weight is 522 g/mol. The molecule has 1 aliphatic heterocycles. The molecule has 0 radical (unpaired) electrons. The molecule has 1 atom stereocenters. The van der Waals surface area contributed by atoms with Crippen LogP contribution >= 0.6 is 0 Å². The molecule has 37 heavy (non-hydrogen) atoms. The van der Waals surface area contributed by atoms with Gasteiger partial charge >= 0.3 is 0 Å². The van der Waals surface area contributed by atoms with Crippen molar-refractivity contribution in [3.63, 3.8) is 0 Å². The highest BCUT2D eigenvalue weighted by atomic mass is 32.2. The number of rotatable bonds is 5. The molecule has 11 heteroatoms. The molecule has 0 saturated carbocycles. The van der Waals surface area contributed by atoms with Crippen LogP contribution in [-0.4, -0.2) is 46.5 Å². The minimum atomic E-state index is -3.18. The predicted octanol–water partition coefficient (Wildman–Crippen LogP) is 4.12. The van der Waals surface area contributed by atoms with Crippen molar-refractivity contribution in [2.24, 2.45) is 0 Å². The lowest BCUT2D eigenvalue weighted by atomic mass is 10.0. The fraction of sp³-hybridized carbons (Fsp3) is 0.231. The lowest BCUT2D eigenvalue weighted by Crippen LogP contribution is -2.15. The fourth-order valence-electron chi connectivity index (χ4n) is 4.52. The number of halogens is 1. The Hall–Kier alpha value is -4.12. The van der Waals surface area contributed by atoms with E-state index in [4.69, 9.17) is 4.98 Å². The number of nitrogens with one attached hydrogen (secondary N) is 2. The van der Waals surface area contributed by atoms with Crippen LogP contribution in [0.1, 0.15) is 35.4 Å². The number of aryl methyl sites for hydroxylation is 1. The van der Waals surface area contributed by atoms with Gasteiger partial charge in [-0.25, -0.2) is 22.5 Å². The first-order valence-corrected chi connectivity index (χ1v) is 13.5. The van der Waals surface area contributed by atoms with Crippen LogP contribution in [0.15, 0.2) is 54.6 Å². The summed E-state index contributed by atoms with van der Waals surface area (Å²) in [6, 6.07) is 13.7. The van der Waals surface area contributed by atoms with E-state index in [0.29, 0.717) is 51.3 Å². The summed E-state index contributed by atoms with van der Waals surface area (Å²) >= 11 is 0. The minimum absolute atomic E-state index is 0.0478. The molecule has 190 valence electrons. The van der Waals surface area contributed by atoms with Gasteiger partial charge in [-0.05, 0) is 67.9 Å². The number of hydrogen-bond donors (Lipinski definition) is 2. The third-order valence-electron chi connectivity index (χ3n) is 6.24. The molecule has 5 rings (SSSR count). The number of pyridine rings is 1. The molecule has 2 aromatic heterocycles. The van der Waals surface area contributed by atoms with Gasteiger partial charge < -0.3 is 10.6 Å². The molecular formula is C26H24FN5O4S. The van der Waals surface area contributed by atoms with E-state index in [1.807, 2.05) is 0 Å². The number of hydrogen-bond acceptors (Lipinski definition) is 6. The van der Waals surface area contributed by atoms with Crippen LogP contribution in [0, 0.1) is 12.7 Å². The molecule has 4 aromatic rings. The molecule has 2 amide bonds. The van der Waals surface area contributed by atoms with Crippen LogP contribution < -0.4 is 10.6 Å². The minimum Gasteiger partial charge on any atom is -0.326 e. The van der Waals surface area contributed by atoms with Crippen molar-refractivity contribution in [1.82, 2.24) is 14.8 Å². The van der Waals surface area contributed by atoms with Crippen molar-refractivity contribution in [2.75, 3.05) is 22.1 Å². The molecule has 9 nitrogen and oxygen atoms in total. The molecule has 1 aliphatic rings. The number of aromatic nitrogens is 3. The predicted molar refractivity (Wildman–Crippen MR) is 139 cm³/mol. The molecule has 0 bridgehead atoms. The van der Waals surface area contributed by atoms with Gasteiger partial charge in [-0.15, -0.1) is 0 Å². The molecule has 0 aliphatic carbocycles. The van der Waals surface area contributed by atoms with E-state index in [9.17, 15) is 22.4 Å². The average Bonchev–Trinajstić information content (AvgIpc) is 3.38. The molecular weight excluding hydrogens is 497 g/mol.